The molecular formula is C25H42O5Si. The lowest BCUT2D eigenvalue weighted by Gasteiger charge is -2.42. The van der Waals surface area contributed by atoms with E-state index in [2.05, 4.69) is 41.5 Å². The molecule has 1 aromatic carbocycles. The lowest BCUT2D eigenvalue weighted by atomic mass is 10.0. The third-order valence-corrected chi connectivity index (χ3v) is 12.4. The summed E-state index contributed by atoms with van der Waals surface area (Å²) in [5.74, 6) is 0.642. The molecule has 0 saturated carbocycles. The van der Waals surface area contributed by atoms with E-state index in [1.54, 1.807) is 7.11 Å². The highest BCUT2D eigenvalue weighted by Crippen LogP contribution is 2.42. The number of rotatable bonds is 15. The SMILES string of the molecule is COc1ccc(CO[C@H](CC=O)CC(=O)[C@H](C)CO[Si](C(C)C)(C(C)C)C(C)C)cc1. The third kappa shape index (κ3) is 7.85. The van der Waals surface area contributed by atoms with Crippen LogP contribution in [0.1, 0.15) is 66.9 Å². The van der Waals surface area contributed by atoms with E-state index in [0.717, 1.165) is 17.6 Å². The van der Waals surface area contributed by atoms with Crippen LogP contribution in [0.15, 0.2) is 24.3 Å². The number of hydrogen-bond acceptors (Lipinski definition) is 5. The molecule has 176 valence electrons. The van der Waals surface area contributed by atoms with E-state index >= 15 is 0 Å². The molecule has 0 aliphatic heterocycles. The standard InChI is InChI=1S/C25H42O5Si/c1-18(2)31(19(3)4,20(5)6)30-16-21(7)25(27)15-24(13-14-26)29-17-22-9-11-23(28-8)12-10-22/h9-12,14,18-21,24H,13,15-17H2,1-8H3/t21-,24-/m1/s1. The molecule has 0 bridgehead atoms. The second-order valence-corrected chi connectivity index (χ2v) is 14.8. The summed E-state index contributed by atoms with van der Waals surface area (Å²) in [6, 6.07) is 7.57. The number of benzene rings is 1. The minimum Gasteiger partial charge on any atom is -0.497 e. The summed E-state index contributed by atoms with van der Waals surface area (Å²) in [5.41, 5.74) is 2.41. The number of carbonyl (C=O) groups excluding carboxylic acids is 2. The molecule has 0 unspecified atom stereocenters. The fourth-order valence-corrected chi connectivity index (χ4v) is 10.1. The third-order valence-electron chi connectivity index (χ3n) is 6.27. The van der Waals surface area contributed by atoms with Gasteiger partial charge in [0, 0.05) is 25.4 Å². The predicted octanol–water partition coefficient (Wildman–Crippen LogP) is 5.96. The van der Waals surface area contributed by atoms with Crippen LogP contribution < -0.4 is 4.74 Å². The first-order valence-corrected chi connectivity index (χ1v) is 13.6. The summed E-state index contributed by atoms with van der Waals surface area (Å²) in [4.78, 5) is 24.0. The monoisotopic (exact) mass is 450 g/mol. The molecule has 1 aromatic rings. The van der Waals surface area contributed by atoms with Gasteiger partial charge >= 0.3 is 0 Å². The normalized spacial score (nSPS) is 14.2. The van der Waals surface area contributed by atoms with E-state index < -0.39 is 14.4 Å². The maximum Gasteiger partial charge on any atom is 0.200 e. The Kier molecular flexibility index (Phi) is 11.7. The van der Waals surface area contributed by atoms with Gasteiger partial charge in [0.1, 0.15) is 17.8 Å². The van der Waals surface area contributed by atoms with E-state index in [1.165, 1.54) is 0 Å². The van der Waals surface area contributed by atoms with Gasteiger partial charge in [-0.05, 0) is 34.3 Å². The topological polar surface area (TPSA) is 61.8 Å². The first-order chi connectivity index (χ1) is 14.6. The van der Waals surface area contributed by atoms with E-state index in [4.69, 9.17) is 13.9 Å². The maximum absolute atomic E-state index is 12.9. The Labute approximate surface area is 190 Å². The van der Waals surface area contributed by atoms with Crippen molar-refractivity contribution < 1.29 is 23.5 Å². The van der Waals surface area contributed by atoms with Gasteiger partial charge in [0.15, 0.2) is 8.32 Å². The molecule has 5 nitrogen and oxygen atoms in total. The molecule has 0 radical (unpaired) electrons. The summed E-state index contributed by atoms with van der Waals surface area (Å²) in [7, 11) is -0.385. The fraction of sp³-hybridized carbons (Fsp3) is 0.680. The Bertz CT molecular complexity index is 647. The van der Waals surface area contributed by atoms with Crippen LogP contribution >= 0.6 is 0 Å². The smallest absolute Gasteiger partial charge is 0.200 e. The summed E-state index contributed by atoms with van der Waals surface area (Å²) in [6.07, 6.45) is 0.829. The molecule has 0 aliphatic carbocycles. The predicted molar refractivity (Wildman–Crippen MR) is 128 cm³/mol. The zero-order valence-electron chi connectivity index (χ0n) is 20.6. The summed E-state index contributed by atoms with van der Waals surface area (Å²) >= 11 is 0. The van der Waals surface area contributed by atoms with Gasteiger partial charge in [0.05, 0.1) is 19.8 Å². The van der Waals surface area contributed by atoms with Gasteiger partial charge in [0.25, 0.3) is 0 Å². The highest BCUT2D eigenvalue weighted by atomic mass is 28.4. The van der Waals surface area contributed by atoms with E-state index in [-0.39, 0.29) is 24.5 Å². The number of carbonyl (C=O) groups is 2. The number of hydrogen-bond donors (Lipinski definition) is 0. The van der Waals surface area contributed by atoms with Crippen molar-refractivity contribution in [3.63, 3.8) is 0 Å². The van der Waals surface area contributed by atoms with E-state index in [1.807, 2.05) is 31.2 Å². The van der Waals surface area contributed by atoms with Crippen LogP contribution in [0.5, 0.6) is 5.75 Å². The van der Waals surface area contributed by atoms with Crippen molar-refractivity contribution >= 4 is 20.4 Å². The first kappa shape index (κ1) is 27.5. The first-order valence-electron chi connectivity index (χ1n) is 11.4. The number of methoxy groups -OCH3 is 1. The second-order valence-electron chi connectivity index (χ2n) is 9.38. The number of Topliss-reactive ketones (excluding diaryl/α,β-unsaturated/α-hetero) is 1. The van der Waals surface area contributed by atoms with E-state index in [0.29, 0.717) is 29.8 Å². The maximum atomic E-state index is 12.9. The molecule has 1 rings (SSSR count). The molecule has 0 fully saturated rings. The average molecular weight is 451 g/mol. The zero-order chi connectivity index (χ0) is 23.6. The summed E-state index contributed by atoms with van der Waals surface area (Å²) in [6.45, 7) is 16.2. The molecule has 6 heteroatoms. The largest absolute Gasteiger partial charge is 0.497 e. The lowest BCUT2D eigenvalue weighted by Crippen LogP contribution is -2.49. The average Bonchev–Trinajstić information content (AvgIpc) is 2.71. The quantitative estimate of drug-likeness (QED) is 0.244. The molecule has 2 atom stereocenters. The van der Waals surface area contributed by atoms with Crippen LogP contribution in [0, 0.1) is 5.92 Å². The van der Waals surface area contributed by atoms with Crippen molar-refractivity contribution in [1.82, 2.24) is 0 Å². The molecule has 0 amide bonds. The van der Waals surface area contributed by atoms with Gasteiger partial charge in [-0.25, -0.2) is 0 Å². The second kappa shape index (κ2) is 13.1. The Hall–Kier alpha value is -1.50. The van der Waals surface area contributed by atoms with Crippen LogP contribution in [0.2, 0.25) is 16.6 Å². The van der Waals surface area contributed by atoms with Crippen molar-refractivity contribution in [1.29, 1.82) is 0 Å². The molecule has 31 heavy (non-hydrogen) atoms. The zero-order valence-corrected chi connectivity index (χ0v) is 21.6. The molecule has 0 N–H and O–H groups in total. The van der Waals surface area contributed by atoms with Gasteiger partial charge in [-0.1, -0.05) is 60.6 Å². The molecule has 0 spiro atoms. The van der Waals surface area contributed by atoms with Crippen molar-refractivity contribution in [2.24, 2.45) is 5.92 Å². The summed E-state index contributed by atoms with van der Waals surface area (Å²) in [5, 5.41) is 0. The molecule has 0 saturated heterocycles. The fourth-order valence-electron chi connectivity index (χ4n) is 4.54. The highest BCUT2D eigenvalue weighted by Gasteiger charge is 2.45. The number of aldehydes is 1. The van der Waals surface area contributed by atoms with Crippen molar-refractivity contribution in [2.45, 2.75) is 90.6 Å². The number of ketones is 1. The molecule has 0 aromatic heterocycles. The minimum atomic E-state index is -2.01. The van der Waals surface area contributed by atoms with Crippen LogP contribution in [0.4, 0.5) is 0 Å². The van der Waals surface area contributed by atoms with Crippen molar-refractivity contribution in [3.05, 3.63) is 29.8 Å². The van der Waals surface area contributed by atoms with Crippen molar-refractivity contribution in [3.8, 4) is 5.75 Å². The van der Waals surface area contributed by atoms with E-state index in [9.17, 15) is 9.59 Å². The Morgan fingerprint density at radius 3 is 1.97 bits per heavy atom. The van der Waals surface area contributed by atoms with Crippen LogP contribution in [-0.2, 0) is 25.4 Å². The minimum absolute atomic E-state index is 0.0840. The molecule has 0 heterocycles. The molecule has 0 aliphatic rings. The van der Waals surface area contributed by atoms with Crippen LogP contribution in [-0.4, -0.2) is 40.2 Å². The molecular weight excluding hydrogens is 408 g/mol. The van der Waals surface area contributed by atoms with Gasteiger partial charge in [0.2, 0.25) is 0 Å². The van der Waals surface area contributed by atoms with Crippen LogP contribution in [0.3, 0.4) is 0 Å². The number of ether oxygens (including phenoxy) is 2. The Morgan fingerprint density at radius 2 is 1.52 bits per heavy atom. The summed E-state index contributed by atoms with van der Waals surface area (Å²) < 4.78 is 17.6. The lowest BCUT2D eigenvalue weighted by molar-refractivity contribution is -0.127. The Balaban J connectivity index is 2.69. The highest BCUT2D eigenvalue weighted by molar-refractivity contribution is 6.77. The van der Waals surface area contributed by atoms with Gasteiger partial charge < -0.3 is 18.7 Å². The van der Waals surface area contributed by atoms with Gasteiger partial charge in [-0.3, -0.25) is 4.79 Å². The van der Waals surface area contributed by atoms with Gasteiger partial charge in [-0.15, -0.1) is 0 Å². The van der Waals surface area contributed by atoms with Crippen molar-refractivity contribution in [2.75, 3.05) is 13.7 Å². The Morgan fingerprint density at radius 1 is 0.968 bits per heavy atom. The van der Waals surface area contributed by atoms with Gasteiger partial charge in [-0.2, -0.15) is 0 Å². The van der Waals surface area contributed by atoms with Crippen LogP contribution in [0.25, 0.3) is 0 Å².